The van der Waals surface area contributed by atoms with Crippen LogP contribution < -0.4 is 16.0 Å². The van der Waals surface area contributed by atoms with Crippen LogP contribution >= 0.6 is 24.0 Å². The molecule has 0 bridgehead atoms. The summed E-state index contributed by atoms with van der Waals surface area (Å²) in [5, 5.41) is 11.6. The summed E-state index contributed by atoms with van der Waals surface area (Å²) in [4.78, 5) is 27.2. The zero-order valence-electron chi connectivity index (χ0n) is 13.7. The molecular weight excluding hydrogens is 356 g/mol. The number of rotatable bonds is 7. The molecule has 8 heteroatoms. The van der Waals surface area contributed by atoms with Crippen LogP contribution in [0.15, 0.2) is 29.3 Å². The highest BCUT2D eigenvalue weighted by molar-refractivity contribution is 8.00. The molecule has 3 atom stereocenters. The number of unbranched alkanes of at least 4 members (excludes halogenated alkanes) is 1. The van der Waals surface area contributed by atoms with Crippen LogP contribution in [0.25, 0.3) is 0 Å². The molecule has 0 unspecified atom stereocenters. The highest BCUT2D eigenvalue weighted by Crippen LogP contribution is 2.33. The number of nitrogens with zero attached hydrogens (tertiary/aromatic N) is 1. The number of amides is 3. The largest absolute Gasteiger partial charge is 0.332 e. The monoisotopic (exact) mass is 376 g/mol. The molecule has 2 aliphatic rings. The number of anilines is 1. The highest BCUT2D eigenvalue weighted by atomic mass is 32.2. The molecule has 0 spiro atoms. The van der Waals surface area contributed by atoms with Gasteiger partial charge in [0.15, 0.2) is 0 Å². The minimum atomic E-state index is -0.0537. The molecule has 3 amide bonds. The number of aliphatic imine (C=N–C) groups is 1. The van der Waals surface area contributed by atoms with E-state index in [0.29, 0.717) is 17.4 Å². The van der Waals surface area contributed by atoms with E-state index in [-0.39, 0.29) is 24.0 Å². The molecule has 0 radical (unpaired) electrons. The van der Waals surface area contributed by atoms with Crippen molar-refractivity contribution in [3.8, 4) is 0 Å². The Morgan fingerprint density at radius 2 is 2.12 bits per heavy atom. The Hall–Kier alpha value is -1.89. The first-order chi connectivity index (χ1) is 12.2. The lowest BCUT2D eigenvalue weighted by atomic mass is 10.0. The van der Waals surface area contributed by atoms with Gasteiger partial charge in [0.2, 0.25) is 5.91 Å². The number of carbonyl (C=O) groups excluding carboxylic acids is 2. The number of isothiocyanates is 1. The summed E-state index contributed by atoms with van der Waals surface area (Å²) in [6.45, 7) is 0. The minimum absolute atomic E-state index is 0.0128. The maximum absolute atomic E-state index is 12.0. The number of urea groups is 1. The van der Waals surface area contributed by atoms with Crippen molar-refractivity contribution in [2.24, 2.45) is 4.99 Å². The van der Waals surface area contributed by atoms with Crippen molar-refractivity contribution in [1.29, 1.82) is 0 Å². The first-order valence-corrected chi connectivity index (χ1v) is 9.78. The molecule has 0 saturated carbocycles. The quantitative estimate of drug-likeness (QED) is 0.296. The van der Waals surface area contributed by atoms with E-state index in [0.717, 1.165) is 30.7 Å². The average Bonchev–Trinajstić information content (AvgIpc) is 3.13. The molecule has 1 aromatic carbocycles. The number of carbonyl (C=O) groups is 2. The van der Waals surface area contributed by atoms with Gasteiger partial charge < -0.3 is 16.0 Å². The van der Waals surface area contributed by atoms with Gasteiger partial charge >= 0.3 is 6.03 Å². The Morgan fingerprint density at radius 1 is 1.32 bits per heavy atom. The van der Waals surface area contributed by atoms with Crippen molar-refractivity contribution in [2.75, 3.05) is 11.1 Å². The molecule has 6 nitrogen and oxygen atoms in total. The third-order valence-electron chi connectivity index (χ3n) is 4.41. The van der Waals surface area contributed by atoms with Crippen molar-refractivity contribution < 1.29 is 9.59 Å². The molecule has 1 aromatic rings. The number of hydrogen-bond donors (Lipinski definition) is 3. The summed E-state index contributed by atoms with van der Waals surface area (Å²) in [6.07, 6.45) is 3.34. The number of thioether (sulfide) groups is 1. The zero-order chi connectivity index (χ0) is 17.6. The van der Waals surface area contributed by atoms with Gasteiger partial charge in [-0.3, -0.25) is 4.79 Å². The third-order valence-corrected chi connectivity index (χ3v) is 6.01. The Kier molecular flexibility index (Phi) is 6.07. The van der Waals surface area contributed by atoms with Gasteiger partial charge in [-0.05, 0) is 49.3 Å². The Morgan fingerprint density at radius 3 is 2.88 bits per heavy atom. The van der Waals surface area contributed by atoms with Gasteiger partial charge in [0, 0.05) is 23.1 Å². The second-order valence-corrected chi connectivity index (χ2v) is 7.62. The van der Waals surface area contributed by atoms with Crippen molar-refractivity contribution in [3.63, 3.8) is 0 Å². The van der Waals surface area contributed by atoms with Crippen LogP contribution in [0, 0.1) is 0 Å². The number of benzene rings is 1. The van der Waals surface area contributed by atoms with Gasteiger partial charge in [-0.25, -0.2) is 4.79 Å². The first kappa shape index (κ1) is 17.9. The van der Waals surface area contributed by atoms with Gasteiger partial charge in [-0.15, -0.1) is 0 Å². The standard InChI is InChI=1S/C17H20N4O2S2/c22-15(19-12-7-5-11(6-8-12)18-10-24)4-2-1-3-14-16-13(9-25-14)20-17(23)21-16/h5-8,13-14,16H,1-4,9H2,(H,19,22)(H2,20,21,23)/t13-,14-,16-/m0/s1. The van der Waals surface area contributed by atoms with Crippen LogP contribution in [0.3, 0.4) is 0 Å². The van der Waals surface area contributed by atoms with E-state index in [4.69, 9.17) is 0 Å². The van der Waals surface area contributed by atoms with Gasteiger partial charge in [0.1, 0.15) is 0 Å². The topological polar surface area (TPSA) is 82.6 Å². The molecule has 3 N–H and O–H groups in total. The molecule has 2 heterocycles. The summed E-state index contributed by atoms with van der Waals surface area (Å²) in [5.41, 5.74) is 1.47. The molecule has 132 valence electrons. The van der Waals surface area contributed by atoms with Crippen LogP contribution in [0.1, 0.15) is 25.7 Å². The fourth-order valence-electron chi connectivity index (χ4n) is 3.17. The average molecular weight is 377 g/mol. The first-order valence-electron chi connectivity index (χ1n) is 8.32. The maximum atomic E-state index is 12.0. The molecule has 2 aliphatic heterocycles. The zero-order valence-corrected chi connectivity index (χ0v) is 15.3. The molecule has 2 fully saturated rings. The minimum Gasteiger partial charge on any atom is -0.332 e. The lowest BCUT2D eigenvalue weighted by molar-refractivity contribution is -0.116. The normalized spacial score (nSPS) is 24.0. The lowest BCUT2D eigenvalue weighted by Gasteiger charge is -2.16. The Labute approximate surface area is 156 Å². The highest BCUT2D eigenvalue weighted by Gasteiger charge is 2.42. The molecule has 3 rings (SSSR count). The van der Waals surface area contributed by atoms with Crippen molar-refractivity contribution >= 4 is 52.5 Å². The summed E-state index contributed by atoms with van der Waals surface area (Å²) < 4.78 is 0. The molecule has 25 heavy (non-hydrogen) atoms. The number of hydrogen-bond acceptors (Lipinski definition) is 5. The second kappa shape index (κ2) is 8.47. The summed E-state index contributed by atoms with van der Waals surface area (Å²) in [5.74, 6) is 0.983. The second-order valence-electron chi connectivity index (χ2n) is 6.17. The van der Waals surface area contributed by atoms with Gasteiger partial charge in [0.05, 0.1) is 22.9 Å². The van der Waals surface area contributed by atoms with Crippen LogP contribution in [-0.2, 0) is 4.79 Å². The predicted molar refractivity (Wildman–Crippen MR) is 104 cm³/mol. The van der Waals surface area contributed by atoms with E-state index in [9.17, 15) is 9.59 Å². The molecular formula is C17H20N4O2S2. The van der Waals surface area contributed by atoms with E-state index < -0.39 is 0 Å². The Bertz CT molecular complexity index is 688. The van der Waals surface area contributed by atoms with E-state index >= 15 is 0 Å². The maximum Gasteiger partial charge on any atom is 0.315 e. The summed E-state index contributed by atoms with van der Waals surface area (Å²) >= 11 is 6.46. The number of fused-ring (bicyclic) bond motifs is 1. The molecule has 2 saturated heterocycles. The van der Waals surface area contributed by atoms with Crippen LogP contribution in [0.4, 0.5) is 16.2 Å². The number of thiocarbonyl (C=S) groups is 1. The molecule has 0 aromatic heterocycles. The van der Waals surface area contributed by atoms with Crippen molar-refractivity contribution in [3.05, 3.63) is 24.3 Å². The van der Waals surface area contributed by atoms with E-state index in [1.807, 2.05) is 11.8 Å². The lowest BCUT2D eigenvalue weighted by Crippen LogP contribution is -2.36. The van der Waals surface area contributed by atoms with Gasteiger partial charge in [0.25, 0.3) is 0 Å². The third kappa shape index (κ3) is 4.81. The molecule has 0 aliphatic carbocycles. The van der Waals surface area contributed by atoms with Gasteiger partial charge in [-0.2, -0.15) is 16.8 Å². The van der Waals surface area contributed by atoms with Gasteiger partial charge in [-0.1, -0.05) is 6.42 Å². The summed E-state index contributed by atoms with van der Waals surface area (Å²) in [7, 11) is 0. The SMILES string of the molecule is O=C(CCCC[C@@H]1SC[C@@H]2NC(=O)N[C@@H]21)Nc1ccc(N=C=S)cc1. The van der Waals surface area contributed by atoms with E-state index in [1.165, 1.54) is 0 Å². The van der Waals surface area contributed by atoms with E-state index in [2.05, 4.69) is 38.3 Å². The van der Waals surface area contributed by atoms with Crippen molar-refractivity contribution in [2.45, 2.75) is 43.0 Å². The van der Waals surface area contributed by atoms with Crippen LogP contribution in [-0.4, -0.2) is 40.2 Å². The van der Waals surface area contributed by atoms with E-state index in [1.54, 1.807) is 24.3 Å². The van der Waals surface area contributed by atoms with Crippen LogP contribution in [0.5, 0.6) is 0 Å². The van der Waals surface area contributed by atoms with Crippen LogP contribution in [0.2, 0.25) is 0 Å². The fourth-order valence-corrected chi connectivity index (χ4v) is 4.82. The van der Waals surface area contributed by atoms with Crippen molar-refractivity contribution in [1.82, 2.24) is 10.6 Å². The summed E-state index contributed by atoms with van der Waals surface area (Å²) in [6, 6.07) is 7.61. The predicted octanol–water partition coefficient (Wildman–Crippen LogP) is 3.09. The fraction of sp³-hybridized carbons (Fsp3) is 0.471. The smallest absolute Gasteiger partial charge is 0.315 e. The number of nitrogens with one attached hydrogen (secondary N) is 3. The Balaban J connectivity index is 1.35.